The predicted octanol–water partition coefficient (Wildman–Crippen LogP) is 1.98. The maximum absolute atomic E-state index is 10.4. The number of benzene rings is 1. The van der Waals surface area contributed by atoms with Crippen molar-refractivity contribution < 1.29 is 14.6 Å². The van der Waals surface area contributed by atoms with Crippen LogP contribution in [0.2, 0.25) is 0 Å². The van der Waals surface area contributed by atoms with E-state index in [0.29, 0.717) is 6.61 Å². The van der Waals surface area contributed by atoms with E-state index in [4.69, 9.17) is 9.84 Å². The summed E-state index contributed by atoms with van der Waals surface area (Å²) in [4.78, 5) is 10.4. The summed E-state index contributed by atoms with van der Waals surface area (Å²) in [5.74, 6) is -0.933. The first-order valence-electron chi connectivity index (χ1n) is 4.49. The molecule has 1 N–H and O–H groups in total. The molecule has 0 aliphatic carbocycles. The van der Waals surface area contributed by atoms with Crippen LogP contribution in [-0.2, 0) is 16.1 Å². The first-order chi connectivity index (χ1) is 6.59. The largest absolute Gasteiger partial charge is 0.479 e. The zero-order valence-corrected chi connectivity index (χ0v) is 8.36. The number of hydrogen-bond acceptors (Lipinski definition) is 2. The second-order valence-electron chi connectivity index (χ2n) is 3.28. The summed E-state index contributed by atoms with van der Waals surface area (Å²) in [6.45, 7) is 3.87. The minimum atomic E-state index is -0.933. The number of hydrogen-bond donors (Lipinski definition) is 1. The number of rotatable bonds is 4. The molecule has 0 aliphatic rings. The molecule has 1 aromatic rings. The van der Waals surface area contributed by atoms with Gasteiger partial charge in [0, 0.05) is 0 Å². The van der Waals surface area contributed by atoms with Crippen molar-refractivity contribution in [2.75, 3.05) is 0 Å². The molecular formula is C11H14O3. The van der Waals surface area contributed by atoms with Crippen molar-refractivity contribution >= 4 is 5.97 Å². The minimum Gasteiger partial charge on any atom is -0.479 e. The Labute approximate surface area is 83.3 Å². The van der Waals surface area contributed by atoms with Crippen molar-refractivity contribution in [1.82, 2.24) is 0 Å². The van der Waals surface area contributed by atoms with Crippen molar-refractivity contribution in [1.29, 1.82) is 0 Å². The van der Waals surface area contributed by atoms with E-state index in [1.54, 1.807) is 0 Å². The fourth-order valence-corrected chi connectivity index (χ4v) is 0.977. The van der Waals surface area contributed by atoms with Crippen molar-refractivity contribution in [3.05, 3.63) is 35.4 Å². The third-order valence-electron chi connectivity index (χ3n) is 1.97. The molecule has 0 fully saturated rings. The Balaban J connectivity index is 2.46. The van der Waals surface area contributed by atoms with E-state index in [1.165, 1.54) is 12.5 Å². The number of aliphatic carboxylic acids is 1. The molecule has 3 nitrogen and oxygen atoms in total. The SMILES string of the molecule is Cc1ccc(CO[C@H](C)C(=O)O)cc1. The lowest BCUT2D eigenvalue weighted by molar-refractivity contribution is -0.149. The van der Waals surface area contributed by atoms with Gasteiger partial charge in [-0.05, 0) is 19.4 Å². The highest BCUT2D eigenvalue weighted by atomic mass is 16.5. The predicted molar refractivity (Wildman–Crippen MR) is 53.1 cm³/mol. The lowest BCUT2D eigenvalue weighted by Crippen LogP contribution is -2.19. The van der Waals surface area contributed by atoms with Crippen LogP contribution in [0.25, 0.3) is 0 Å². The molecule has 14 heavy (non-hydrogen) atoms. The molecule has 1 rings (SSSR count). The molecule has 0 saturated carbocycles. The third kappa shape index (κ3) is 3.18. The number of ether oxygens (including phenoxy) is 1. The van der Waals surface area contributed by atoms with Gasteiger partial charge in [-0.15, -0.1) is 0 Å². The maximum atomic E-state index is 10.4. The molecule has 3 heteroatoms. The van der Waals surface area contributed by atoms with E-state index < -0.39 is 12.1 Å². The summed E-state index contributed by atoms with van der Waals surface area (Å²) in [5.41, 5.74) is 2.17. The minimum absolute atomic E-state index is 0.341. The fraction of sp³-hybridized carbons (Fsp3) is 0.364. The Morgan fingerprint density at radius 2 is 2.00 bits per heavy atom. The van der Waals surface area contributed by atoms with Crippen LogP contribution in [0.4, 0.5) is 0 Å². The highest BCUT2D eigenvalue weighted by Gasteiger charge is 2.10. The van der Waals surface area contributed by atoms with Crippen LogP contribution in [0, 0.1) is 6.92 Å². The van der Waals surface area contributed by atoms with E-state index in [9.17, 15) is 4.79 Å². The summed E-state index contributed by atoms with van der Waals surface area (Å²) in [6, 6.07) is 7.82. The number of carboxylic acid groups (broad SMARTS) is 1. The Kier molecular flexibility index (Phi) is 3.65. The van der Waals surface area contributed by atoms with Gasteiger partial charge in [-0.3, -0.25) is 0 Å². The molecule has 0 aliphatic heterocycles. The highest BCUT2D eigenvalue weighted by Crippen LogP contribution is 2.06. The van der Waals surface area contributed by atoms with Gasteiger partial charge in [0.2, 0.25) is 0 Å². The quantitative estimate of drug-likeness (QED) is 0.797. The smallest absolute Gasteiger partial charge is 0.332 e. The molecule has 0 heterocycles. The lowest BCUT2D eigenvalue weighted by Gasteiger charge is -2.08. The third-order valence-corrected chi connectivity index (χ3v) is 1.97. The zero-order valence-electron chi connectivity index (χ0n) is 8.36. The Morgan fingerprint density at radius 3 is 2.50 bits per heavy atom. The monoisotopic (exact) mass is 194 g/mol. The van der Waals surface area contributed by atoms with Crippen molar-refractivity contribution in [3.63, 3.8) is 0 Å². The van der Waals surface area contributed by atoms with Gasteiger partial charge >= 0.3 is 5.97 Å². The second-order valence-corrected chi connectivity index (χ2v) is 3.28. The molecule has 0 unspecified atom stereocenters. The van der Waals surface area contributed by atoms with Crippen molar-refractivity contribution in [3.8, 4) is 0 Å². The van der Waals surface area contributed by atoms with Crippen LogP contribution < -0.4 is 0 Å². The van der Waals surface area contributed by atoms with Gasteiger partial charge in [0.15, 0.2) is 6.10 Å². The van der Waals surface area contributed by atoms with Gasteiger partial charge in [0.1, 0.15) is 0 Å². The van der Waals surface area contributed by atoms with Crippen LogP contribution in [-0.4, -0.2) is 17.2 Å². The zero-order chi connectivity index (χ0) is 10.6. The van der Waals surface area contributed by atoms with E-state index in [-0.39, 0.29) is 0 Å². The fourth-order valence-electron chi connectivity index (χ4n) is 0.977. The van der Waals surface area contributed by atoms with Gasteiger partial charge in [-0.2, -0.15) is 0 Å². The molecular weight excluding hydrogens is 180 g/mol. The summed E-state index contributed by atoms with van der Waals surface area (Å²) in [7, 11) is 0. The molecule has 1 atom stereocenters. The second kappa shape index (κ2) is 4.77. The average Bonchev–Trinajstić information content (AvgIpc) is 2.16. The van der Waals surface area contributed by atoms with E-state index in [2.05, 4.69) is 0 Å². The maximum Gasteiger partial charge on any atom is 0.332 e. The summed E-state index contributed by atoms with van der Waals surface area (Å²) in [5, 5.41) is 8.58. The van der Waals surface area contributed by atoms with E-state index in [1.807, 2.05) is 31.2 Å². The number of carbonyl (C=O) groups is 1. The van der Waals surface area contributed by atoms with Gasteiger partial charge in [0.25, 0.3) is 0 Å². The van der Waals surface area contributed by atoms with Crippen molar-refractivity contribution in [2.45, 2.75) is 26.6 Å². The van der Waals surface area contributed by atoms with Gasteiger partial charge in [-0.1, -0.05) is 29.8 Å². The average molecular weight is 194 g/mol. The van der Waals surface area contributed by atoms with Crippen LogP contribution >= 0.6 is 0 Å². The van der Waals surface area contributed by atoms with Crippen LogP contribution in [0.3, 0.4) is 0 Å². The molecule has 0 radical (unpaired) electrons. The summed E-state index contributed by atoms with van der Waals surface area (Å²) in [6.07, 6.45) is -0.753. The normalized spacial score (nSPS) is 12.4. The molecule has 76 valence electrons. The van der Waals surface area contributed by atoms with Gasteiger partial charge in [0.05, 0.1) is 6.61 Å². The first-order valence-corrected chi connectivity index (χ1v) is 4.49. The Hall–Kier alpha value is -1.35. The standard InChI is InChI=1S/C11H14O3/c1-8-3-5-10(6-4-8)7-14-9(2)11(12)13/h3-6,9H,7H2,1-2H3,(H,12,13)/t9-/m1/s1. The van der Waals surface area contributed by atoms with E-state index in [0.717, 1.165) is 5.56 Å². The topological polar surface area (TPSA) is 46.5 Å². The highest BCUT2D eigenvalue weighted by molar-refractivity contribution is 5.71. The summed E-state index contributed by atoms with van der Waals surface area (Å²) >= 11 is 0. The first kappa shape index (κ1) is 10.7. The molecule has 0 saturated heterocycles. The van der Waals surface area contributed by atoms with Crippen LogP contribution in [0.5, 0.6) is 0 Å². The Bertz CT molecular complexity index is 303. The molecule has 0 spiro atoms. The molecule has 0 aromatic heterocycles. The lowest BCUT2D eigenvalue weighted by atomic mass is 10.2. The van der Waals surface area contributed by atoms with Gasteiger partial charge in [-0.25, -0.2) is 4.79 Å². The number of aryl methyl sites for hydroxylation is 1. The van der Waals surface area contributed by atoms with Crippen LogP contribution in [0.1, 0.15) is 18.1 Å². The molecule has 1 aromatic carbocycles. The molecule has 0 bridgehead atoms. The van der Waals surface area contributed by atoms with Gasteiger partial charge < -0.3 is 9.84 Å². The number of carboxylic acids is 1. The molecule has 0 amide bonds. The Morgan fingerprint density at radius 1 is 1.43 bits per heavy atom. The van der Waals surface area contributed by atoms with E-state index >= 15 is 0 Å². The van der Waals surface area contributed by atoms with Crippen LogP contribution in [0.15, 0.2) is 24.3 Å². The van der Waals surface area contributed by atoms with Crippen molar-refractivity contribution in [2.24, 2.45) is 0 Å². The summed E-state index contributed by atoms with van der Waals surface area (Å²) < 4.78 is 5.13.